The third kappa shape index (κ3) is 3.18. The van der Waals surface area contributed by atoms with Crippen LogP contribution in [0.25, 0.3) is 10.9 Å². The van der Waals surface area contributed by atoms with E-state index in [4.69, 9.17) is 16.7 Å². The van der Waals surface area contributed by atoms with E-state index in [9.17, 15) is 9.59 Å². The Kier molecular flexibility index (Phi) is 3.94. The van der Waals surface area contributed by atoms with Gasteiger partial charge in [-0.15, -0.1) is 0 Å². The molecule has 2 rings (SSSR count). The number of aliphatic carboxylic acids is 1. The van der Waals surface area contributed by atoms with Crippen molar-refractivity contribution in [2.75, 3.05) is 6.61 Å². The highest BCUT2D eigenvalue weighted by Gasteiger charge is 2.11. The molecule has 0 aliphatic rings. The maximum absolute atomic E-state index is 11.7. The first-order valence-electron chi connectivity index (χ1n) is 5.27. The molecule has 19 heavy (non-hydrogen) atoms. The number of aromatic nitrogens is 1. The second-order valence-electron chi connectivity index (χ2n) is 3.62. The van der Waals surface area contributed by atoms with Crippen LogP contribution in [0.1, 0.15) is 10.5 Å². The van der Waals surface area contributed by atoms with Crippen molar-refractivity contribution in [3.63, 3.8) is 0 Å². The number of amides is 1. The van der Waals surface area contributed by atoms with Gasteiger partial charge in [0.25, 0.3) is 5.91 Å². The normalized spacial score (nSPS) is 10.4. The Balaban J connectivity index is 2.20. The van der Waals surface area contributed by atoms with E-state index in [1.807, 2.05) is 11.5 Å². The summed E-state index contributed by atoms with van der Waals surface area (Å²) in [6, 6.07) is 8.48. The molecule has 1 heterocycles. The van der Waals surface area contributed by atoms with Gasteiger partial charge in [-0.2, -0.15) is 0 Å². The van der Waals surface area contributed by atoms with E-state index in [2.05, 4.69) is 9.82 Å². The van der Waals surface area contributed by atoms with Gasteiger partial charge in [0.2, 0.25) is 0 Å². The molecule has 7 heteroatoms. The first-order valence-corrected chi connectivity index (χ1v) is 5.65. The van der Waals surface area contributed by atoms with Crippen LogP contribution < -0.4 is 5.48 Å². The largest absolute Gasteiger partial charge is 0.479 e. The van der Waals surface area contributed by atoms with Gasteiger partial charge in [0, 0.05) is 5.39 Å². The maximum Gasteiger partial charge on any atom is 0.332 e. The van der Waals surface area contributed by atoms with Crippen LogP contribution in [0.3, 0.4) is 0 Å². The summed E-state index contributed by atoms with van der Waals surface area (Å²) in [7, 11) is 0. The number of carbonyl (C=O) groups is 2. The summed E-state index contributed by atoms with van der Waals surface area (Å²) in [5.41, 5.74) is 2.60. The highest BCUT2D eigenvalue weighted by Crippen LogP contribution is 2.22. The molecule has 0 atom stereocenters. The van der Waals surface area contributed by atoms with Crippen LogP contribution in [-0.2, 0) is 9.63 Å². The van der Waals surface area contributed by atoms with E-state index in [0.29, 0.717) is 10.5 Å². The Hall–Kier alpha value is -2.18. The van der Waals surface area contributed by atoms with Gasteiger partial charge in [-0.05, 0) is 12.1 Å². The summed E-state index contributed by atoms with van der Waals surface area (Å²) in [5, 5.41) is 9.48. The fourth-order valence-electron chi connectivity index (χ4n) is 1.46. The average molecular weight is 281 g/mol. The fourth-order valence-corrected chi connectivity index (χ4v) is 1.73. The number of pyridine rings is 1. The predicted molar refractivity (Wildman–Crippen MR) is 67.8 cm³/mol. The molecule has 6 nitrogen and oxygen atoms in total. The van der Waals surface area contributed by atoms with E-state index in [-0.39, 0.29) is 5.69 Å². The zero-order valence-corrected chi connectivity index (χ0v) is 10.3. The van der Waals surface area contributed by atoms with Crippen LogP contribution in [0, 0.1) is 0 Å². The molecule has 0 unspecified atom stereocenters. The van der Waals surface area contributed by atoms with Crippen molar-refractivity contribution in [3.8, 4) is 0 Å². The van der Waals surface area contributed by atoms with Crippen LogP contribution in [0.2, 0.25) is 5.02 Å². The molecule has 0 spiro atoms. The number of fused-ring (bicyclic) bond motifs is 1. The van der Waals surface area contributed by atoms with Crippen molar-refractivity contribution < 1.29 is 19.5 Å². The van der Waals surface area contributed by atoms with E-state index >= 15 is 0 Å². The lowest BCUT2D eigenvalue weighted by molar-refractivity contribution is -0.144. The minimum Gasteiger partial charge on any atom is -0.479 e. The molecular weight excluding hydrogens is 272 g/mol. The Bertz CT molecular complexity index is 645. The van der Waals surface area contributed by atoms with Crippen LogP contribution in [0.5, 0.6) is 0 Å². The number of benzene rings is 1. The smallest absolute Gasteiger partial charge is 0.332 e. The van der Waals surface area contributed by atoms with Gasteiger partial charge in [-0.1, -0.05) is 29.8 Å². The van der Waals surface area contributed by atoms with E-state index in [1.54, 1.807) is 18.2 Å². The van der Waals surface area contributed by atoms with Crippen molar-refractivity contribution >= 4 is 34.4 Å². The number of hydrogen-bond acceptors (Lipinski definition) is 4. The van der Waals surface area contributed by atoms with Gasteiger partial charge in [-0.3, -0.25) is 9.63 Å². The maximum atomic E-state index is 11.7. The van der Waals surface area contributed by atoms with Crippen LogP contribution in [-0.4, -0.2) is 28.6 Å². The monoisotopic (exact) mass is 280 g/mol. The lowest BCUT2D eigenvalue weighted by Crippen LogP contribution is -2.27. The summed E-state index contributed by atoms with van der Waals surface area (Å²) >= 11 is 6.04. The van der Waals surface area contributed by atoms with Crippen LogP contribution >= 0.6 is 11.6 Å². The molecule has 1 amide bonds. The van der Waals surface area contributed by atoms with Gasteiger partial charge < -0.3 is 5.11 Å². The molecule has 1 aromatic carbocycles. The molecule has 2 N–H and O–H groups in total. The molecule has 0 bridgehead atoms. The van der Waals surface area contributed by atoms with Gasteiger partial charge in [0.05, 0.1) is 10.5 Å². The van der Waals surface area contributed by atoms with Gasteiger partial charge in [0.1, 0.15) is 5.69 Å². The van der Waals surface area contributed by atoms with Crippen molar-refractivity contribution in [1.82, 2.24) is 10.5 Å². The predicted octanol–water partition coefficient (Wildman–Crippen LogP) is 1.63. The number of hydroxylamine groups is 1. The number of nitrogens with one attached hydrogen (secondary N) is 1. The first-order chi connectivity index (χ1) is 9.08. The number of para-hydroxylation sites is 1. The van der Waals surface area contributed by atoms with Gasteiger partial charge in [0.15, 0.2) is 6.61 Å². The Labute approximate surface area is 112 Å². The first kappa shape index (κ1) is 13.3. The average Bonchev–Trinajstić information content (AvgIpc) is 2.38. The molecule has 0 saturated carbocycles. The SMILES string of the molecule is O=C(O)CONC(=O)c1cc(Cl)c2ccccc2n1. The highest BCUT2D eigenvalue weighted by atomic mass is 35.5. The molecular formula is C12H9ClN2O4. The number of carboxylic acids is 1. The fraction of sp³-hybridized carbons (Fsp3) is 0.0833. The van der Waals surface area contributed by atoms with E-state index in [1.165, 1.54) is 6.07 Å². The van der Waals surface area contributed by atoms with Crippen molar-refractivity contribution in [1.29, 1.82) is 0 Å². The van der Waals surface area contributed by atoms with Gasteiger partial charge >= 0.3 is 5.97 Å². The molecule has 2 aromatic rings. The molecule has 0 saturated heterocycles. The van der Waals surface area contributed by atoms with E-state index in [0.717, 1.165) is 5.39 Å². The lowest BCUT2D eigenvalue weighted by Gasteiger charge is -2.05. The standard InChI is InChI=1S/C12H9ClN2O4/c13-8-5-10(12(18)15-19-6-11(16)17)14-9-4-2-1-3-7(8)9/h1-5H,6H2,(H,15,18)(H,16,17). The Morgan fingerprint density at radius 2 is 2.11 bits per heavy atom. The minimum atomic E-state index is -1.19. The van der Waals surface area contributed by atoms with Crippen LogP contribution in [0.15, 0.2) is 30.3 Å². The number of hydrogen-bond donors (Lipinski definition) is 2. The molecule has 1 aromatic heterocycles. The quantitative estimate of drug-likeness (QED) is 0.831. The minimum absolute atomic E-state index is 0.0501. The zero-order chi connectivity index (χ0) is 13.8. The topological polar surface area (TPSA) is 88.5 Å². The number of halogens is 1. The molecule has 0 aliphatic heterocycles. The molecule has 0 radical (unpaired) electrons. The molecule has 0 fully saturated rings. The van der Waals surface area contributed by atoms with Gasteiger partial charge in [-0.25, -0.2) is 15.3 Å². The summed E-state index contributed by atoms with van der Waals surface area (Å²) in [6.45, 7) is -0.632. The van der Waals surface area contributed by atoms with Crippen molar-refractivity contribution in [2.24, 2.45) is 0 Å². The second-order valence-corrected chi connectivity index (χ2v) is 4.03. The Morgan fingerprint density at radius 1 is 1.37 bits per heavy atom. The number of nitrogens with zero attached hydrogens (tertiary/aromatic N) is 1. The highest BCUT2D eigenvalue weighted by molar-refractivity contribution is 6.35. The Morgan fingerprint density at radius 3 is 2.84 bits per heavy atom. The van der Waals surface area contributed by atoms with Crippen molar-refractivity contribution in [2.45, 2.75) is 0 Å². The number of carboxylic acid groups (broad SMARTS) is 1. The summed E-state index contributed by atoms with van der Waals surface area (Å²) in [5.74, 6) is -1.85. The lowest BCUT2D eigenvalue weighted by atomic mass is 10.2. The molecule has 0 aliphatic carbocycles. The summed E-state index contributed by atoms with van der Waals surface area (Å²) in [6.07, 6.45) is 0. The third-order valence-electron chi connectivity index (χ3n) is 2.26. The molecule has 98 valence electrons. The number of rotatable bonds is 4. The van der Waals surface area contributed by atoms with Crippen LogP contribution in [0.4, 0.5) is 0 Å². The number of carbonyl (C=O) groups excluding carboxylic acids is 1. The van der Waals surface area contributed by atoms with E-state index < -0.39 is 18.5 Å². The second kappa shape index (κ2) is 5.64. The van der Waals surface area contributed by atoms with Crippen molar-refractivity contribution in [3.05, 3.63) is 41.0 Å². The summed E-state index contributed by atoms with van der Waals surface area (Å²) in [4.78, 5) is 30.5. The third-order valence-corrected chi connectivity index (χ3v) is 2.57. The zero-order valence-electron chi connectivity index (χ0n) is 9.59. The summed E-state index contributed by atoms with van der Waals surface area (Å²) < 4.78 is 0.